The number of nitrogens with two attached hydrogens (primary N) is 1. The van der Waals surface area contributed by atoms with Crippen molar-refractivity contribution in [3.05, 3.63) is 61.1 Å². The molecule has 0 aliphatic carbocycles. The van der Waals surface area contributed by atoms with Crippen LogP contribution in [0.2, 0.25) is 0 Å². The van der Waals surface area contributed by atoms with E-state index in [2.05, 4.69) is 47.5 Å². The molecule has 2 N–H and O–H groups in total. The van der Waals surface area contributed by atoms with Gasteiger partial charge in [-0.2, -0.15) is 9.59 Å². The number of carbonyl (C=O) groups excluding carboxylic acids is 3. The molecule has 6 fully saturated rings. The standard InChI is InChI=1S/C18H22N2O2.C9H18N2.C7H5NO.CO2.ClH/c1-18(2)14(12-3-6-20(18)7-4-12)10-16(21)15-9-13-5-8-22-17(13)11-19-15;1-9(2)8(10)7-3-5-11(9)6-4-7;1-3-8-5-7-6(1)2-4-9-7;2-1-3;/h5,8-9,11-12,14H,3-4,6-7,10H2,1-2H3;7-8H,3-6,10H2,1-2H3;1-5H;;1H/t14-;8-;;;/m11.../s1. The van der Waals surface area contributed by atoms with Gasteiger partial charge in [0.1, 0.15) is 5.69 Å². The minimum Gasteiger partial charge on any atom is -0.463 e. The van der Waals surface area contributed by atoms with E-state index in [4.69, 9.17) is 24.2 Å². The number of furan rings is 2. The molecule has 0 unspecified atom stereocenters. The van der Waals surface area contributed by atoms with Gasteiger partial charge in [-0.15, -0.1) is 12.4 Å². The molecule has 10 rings (SSSR count). The SMILES string of the molecule is CC1(C)[C@H](CC(=O)c2cc3ccoc3cn2)C2CCN1CC2.CC1(C)[C@H](N)C2CCN1CC2.Cl.O=C=O.c1cc2ccoc2cn1. The third kappa shape index (κ3) is 7.42. The number of nitrogens with zero attached hydrogens (tertiary/aromatic N) is 4. The van der Waals surface area contributed by atoms with Crippen molar-refractivity contribution in [1.82, 2.24) is 19.8 Å². The zero-order chi connectivity index (χ0) is 32.2. The number of hydrogen-bond donors (Lipinski definition) is 1. The highest BCUT2D eigenvalue weighted by Crippen LogP contribution is 2.45. The van der Waals surface area contributed by atoms with Gasteiger partial charge in [0.15, 0.2) is 16.9 Å². The van der Waals surface area contributed by atoms with E-state index in [0.717, 1.165) is 27.9 Å². The predicted octanol–water partition coefficient (Wildman–Crippen LogP) is 6.01. The number of fused-ring (bicyclic) bond motifs is 8. The molecule has 10 nitrogen and oxygen atoms in total. The second kappa shape index (κ2) is 15.0. The first-order valence-electron chi connectivity index (χ1n) is 15.9. The number of Topliss-reactive ketones (excluding diaryl/α,β-unsaturated/α-hetero) is 1. The fourth-order valence-electron chi connectivity index (χ4n) is 7.86. The summed E-state index contributed by atoms with van der Waals surface area (Å²) in [6.07, 6.45) is 14.4. The Bertz CT molecular complexity index is 1580. The van der Waals surface area contributed by atoms with Gasteiger partial charge in [0, 0.05) is 40.5 Å². The van der Waals surface area contributed by atoms with Crippen molar-refractivity contribution in [2.24, 2.45) is 23.5 Å². The van der Waals surface area contributed by atoms with E-state index in [1.165, 1.54) is 51.9 Å². The Balaban J connectivity index is 0.000000167. The number of hydrogen-bond acceptors (Lipinski definition) is 10. The molecule has 4 aromatic heterocycles. The van der Waals surface area contributed by atoms with Crippen molar-refractivity contribution in [2.45, 2.75) is 76.9 Å². The Morgan fingerprint density at radius 1 is 0.870 bits per heavy atom. The molecule has 4 bridgehead atoms. The molecule has 46 heavy (non-hydrogen) atoms. The summed E-state index contributed by atoms with van der Waals surface area (Å²) in [5.41, 5.74) is 8.69. The van der Waals surface area contributed by atoms with Gasteiger partial charge in [-0.25, -0.2) is 4.98 Å². The number of piperidine rings is 6. The lowest BCUT2D eigenvalue weighted by Crippen LogP contribution is -2.67. The topological polar surface area (TPSA) is 136 Å². The van der Waals surface area contributed by atoms with Crippen molar-refractivity contribution >= 4 is 46.3 Å². The second-order valence-electron chi connectivity index (χ2n) is 13.7. The van der Waals surface area contributed by atoms with Crippen LogP contribution in [-0.2, 0) is 9.59 Å². The first-order chi connectivity index (χ1) is 21.6. The summed E-state index contributed by atoms with van der Waals surface area (Å²) in [4.78, 5) is 42.3. The Labute approximate surface area is 276 Å². The maximum atomic E-state index is 12.7. The first-order valence-corrected chi connectivity index (χ1v) is 15.9. The lowest BCUT2D eigenvalue weighted by atomic mass is 9.65. The van der Waals surface area contributed by atoms with E-state index < -0.39 is 0 Å². The van der Waals surface area contributed by atoms with Crippen LogP contribution in [-0.4, -0.2) is 75.0 Å². The molecule has 0 aromatic carbocycles. The molecule has 11 heteroatoms. The van der Waals surface area contributed by atoms with Crippen molar-refractivity contribution in [3.63, 3.8) is 0 Å². The highest BCUT2D eigenvalue weighted by Gasteiger charge is 2.48. The first kappa shape index (κ1) is 35.5. The summed E-state index contributed by atoms with van der Waals surface area (Å²) in [6, 6.07) is 7.97. The van der Waals surface area contributed by atoms with E-state index in [1.54, 1.807) is 31.1 Å². The van der Waals surface area contributed by atoms with Crippen LogP contribution in [0, 0.1) is 17.8 Å². The minimum atomic E-state index is 0. The van der Waals surface area contributed by atoms with Crippen molar-refractivity contribution in [1.29, 1.82) is 0 Å². The van der Waals surface area contributed by atoms with Crippen LogP contribution >= 0.6 is 12.4 Å². The molecule has 6 aliphatic heterocycles. The van der Waals surface area contributed by atoms with Gasteiger partial charge in [-0.3, -0.25) is 19.6 Å². The molecular formula is C35H46ClN5O5. The van der Waals surface area contributed by atoms with Crippen molar-refractivity contribution in [2.75, 3.05) is 26.2 Å². The van der Waals surface area contributed by atoms with Crippen molar-refractivity contribution in [3.8, 4) is 0 Å². The molecule has 6 aliphatic rings. The average molecular weight is 652 g/mol. The van der Waals surface area contributed by atoms with Gasteiger partial charge in [0.2, 0.25) is 0 Å². The van der Waals surface area contributed by atoms with Crippen LogP contribution in [0.1, 0.15) is 70.3 Å². The molecule has 2 atom stereocenters. The number of pyridine rings is 2. The smallest absolute Gasteiger partial charge is 0.373 e. The number of ketones is 1. The molecule has 6 saturated heterocycles. The molecule has 4 aromatic rings. The Morgan fingerprint density at radius 3 is 1.93 bits per heavy atom. The Morgan fingerprint density at radius 2 is 1.41 bits per heavy atom. The zero-order valence-electron chi connectivity index (χ0n) is 27.2. The van der Waals surface area contributed by atoms with E-state index in [0.29, 0.717) is 30.0 Å². The summed E-state index contributed by atoms with van der Waals surface area (Å²) in [7, 11) is 0. The number of halogens is 1. The lowest BCUT2D eigenvalue weighted by molar-refractivity contribution is -0.191. The molecule has 0 radical (unpaired) electrons. The maximum Gasteiger partial charge on any atom is 0.373 e. The monoisotopic (exact) mass is 651 g/mol. The fraction of sp³-hybridized carbons (Fsp3) is 0.543. The van der Waals surface area contributed by atoms with Gasteiger partial charge in [-0.1, -0.05) is 0 Å². The maximum absolute atomic E-state index is 12.7. The van der Waals surface area contributed by atoms with Gasteiger partial charge in [0.05, 0.1) is 24.9 Å². The van der Waals surface area contributed by atoms with Crippen LogP contribution in [0.25, 0.3) is 21.9 Å². The number of carbonyl (C=O) groups is 1. The van der Waals surface area contributed by atoms with Gasteiger partial charge in [0.25, 0.3) is 0 Å². The number of aromatic nitrogens is 2. The van der Waals surface area contributed by atoms with Crippen molar-refractivity contribution < 1.29 is 23.2 Å². The molecule has 248 valence electrons. The quantitative estimate of drug-likeness (QED) is 0.263. The predicted molar refractivity (Wildman–Crippen MR) is 177 cm³/mol. The van der Waals surface area contributed by atoms with E-state index in [1.807, 2.05) is 24.3 Å². The summed E-state index contributed by atoms with van der Waals surface area (Å²) >= 11 is 0. The van der Waals surface area contributed by atoms with Crippen LogP contribution in [0.4, 0.5) is 0 Å². The summed E-state index contributed by atoms with van der Waals surface area (Å²) in [6.45, 7) is 14.1. The normalized spacial score (nSPS) is 27.8. The highest BCUT2D eigenvalue weighted by molar-refractivity contribution is 5.97. The third-order valence-electron chi connectivity index (χ3n) is 10.8. The fourth-order valence-corrected chi connectivity index (χ4v) is 7.86. The molecular weight excluding hydrogens is 606 g/mol. The van der Waals surface area contributed by atoms with E-state index in [-0.39, 0.29) is 35.4 Å². The average Bonchev–Trinajstić information content (AvgIpc) is 3.72. The molecule has 0 spiro atoms. The molecule has 0 amide bonds. The van der Waals surface area contributed by atoms with E-state index in [9.17, 15) is 4.79 Å². The van der Waals surface area contributed by atoms with Gasteiger partial charge >= 0.3 is 6.15 Å². The zero-order valence-corrected chi connectivity index (χ0v) is 28.0. The lowest BCUT2D eigenvalue weighted by Gasteiger charge is -2.56. The third-order valence-corrected chi connectivity index (χ3v) is 10.8. The Hall–Kier alpha value is -3.40. The van der Waals surface area contributed by atoms with Gasteiger partial charge in [-0.05, 0) is 122 Å². The van der Waals surface area contributed by atoms with E-state index >= 15 is 0 Å². The largest absolute Gasteiger partial charge is 0.463 e. The van der Waals surface area contributed by atoms with Crippen LogP contribution in [0.3, 0.4) is 0 Å². The van der Waals surface area contributed by atoms with Crippen LogP contribution < -0.4 is 5.73 Å². The molecule has 10 heterocycles. The number of rotatable bonds is 3. The highest BCUT2D eigenvalue weighted by atomic mass is 35.5. The van der Waals surface area contributed by atoms with Gasteiger partial charge < -0.3 is 14.6 Å². The summed E-state index contributed by atoms with van der Waals surface area (Å²) in [5.74, 6) is 2.08. The minimum absolute atomic E-state index is 0. The van der Waals surface area contributed by atoms with Crippen LogP contribution in [0.15, 0.2) is 64.2 Å². The molecule has 0 saturated carbocycles. The summed E-state index contributed by atoms with van der Waals surface area (Å²) in [5, 5.41) is 2.05. The Kier molecular flexibility index (Phi) is 11.6. The summed E-state index contributed by atoms with van der Waals surface area (Å²) < 4.78 is 10.4. The van der Waals surface area contributed by atoms with Crippen LogP contribution in [0.5, 0.6) is 0 Å². The second-order valence-corrected chi connectivity index (χ2v) is 13.7.